The van der Waals surface area contributed by atoms with E-state index >= 15 is 0 Å². The number of nitriles is 1. The number of nitrogens with two attached hydrogens (primary N) is 1. The number of carboxylic acid groups (broad SMARTS) is 1. The van der Waals surface area contributed by atoms with Crippen molar-refractivity contribution in [3.8, 4) is 6.07 Å². The SMILES string of the molecule is CO/N=C(\C(=O)N[C@@H]1C(=O)N2C(C(=O)[O-])=C(C[n+]3cc4cc(C#N)ccn4c3)CS[C@H]12)c1nc(N)sc1Cl. The van der Waals surface area contributed by atoms with Crippen LogP contribution in [0.4, 0.5) is 5.13 Å². The lowest BCUT2D eigenvalue weighted by atomic mass is 10.0. The van der Waals surface area contributed by atoms with Gasteiger partial charge in [0.25, 0.3) is 11.8 Å². The minimum atomic E-state index is -1.49. The maximum Gasteiger partial charge on any atom is 0.276 e. The van der Waals surface area contributed by atoms with Crippen LogP contribution in [0.15, 0.2) is 47.3 Å². The molecule has 194 valence electrons. The van der Waals surface area contributed by atoms with E-state index in [1.54, 1.807) is 39.8 Å². The number of anilines is 1. The van der Waals surface area contributed by atoms with E-state index in [0.29, 0.717) is 11.1 Å². The Labute approximate surface area is 227 Å². The van der Waals surface area contributed by atoms with Crippen LogP contribution in [0.2, 0.25) is 4.34 Å². The second-order valence-electron chi connectivity index (χ2n) is 8.17. The quantitative estimate of drug-likeness (QED) is 0.159. The fourth-order valence-corrected chi connectivity index (χ4v) is 6.49. The van der Waals surface area contributed by atoms with Crippen LogP contribution in [0.25, 0.3) is 5.52 Å². The number of carbonyl (C=O) groups is 3. The zero-order chi connectivity index (χ0) is 27.1. The topological polar surface area (TPSA) is 182 Å². The molecular weight excluding hydrogens is 556 g/mol. The van der Waals surface area contributed by atoms with Crippen molar-refractivity contribution >= 4 is 68.8 Å². The number of carboxylic acids is 1. The lowest BCUT2D eigenvalue weighted by Gasteiger charge is -2.50. The van der Waals surface area contributed by atoms with Gasteiger partial charge < -0.3 is 25.8 Å². The number of oxime groups is 1. The minimum absolute atomic E-state index is 0.00456. The number of imidazole rings is 1. The number of amides is 2. The molecule has 3 aromatic rings. The molecule has 2 aliphatic heterocycles. The van der Waals surface area contributed by atoms with Crippen LogP contribution in [0.3, 0.4) is 0 Å². The number of thioether (sulfide) groups is 1. The van der Waals surface area contributed by atoms with Gasteiger partial charge in [-0.05, 0) is 6.07 Å². The molecule has 38 heavy (non-hydrogen) atoms. The molecule has 1 saturated heterocycles. The third-order valence-corrected chi connectivity index (χ3v) is 8.26. The number of rotatable bonds is 7. The highest BCUT2D eigenvalue weighted by Crippen LogP contribution is 2.40. The molecule has 0 aliphatic carbocycles. The van der Waals surface area contributed by atoms with E-state index in [-0.39, 0.29) is 38.9 Å². The highest BCUT2D eigenvalue weighted by Gasteiger charge is 2.53. The molecule has 16 heteroatoms. The number of thiazole rings is 1. The Hall–Kier alpha value is -4.13. The van der Waals surface area contributed by atoms with E-state index < -0.39 is 29.2 Å². The standard InChI is InChI=1S/C22H17ClN8O5S2/c1-36-28-14(13-17(23)38-22(25)27-13)18(32)26-15-19(33)31-16(21(34)35)11(8-37-20(15)31)6-29-7-12-4-10(5-24)2-3-30(12)9-29/h2-4,7,9,15,20H,6,8H2,1H3,(H3-,25,26,27,32,34,35)/b28-14-/t15-,20-/m1/s1. The van der Waals surface area contributed by atoms with Crippen molar-refractivity contribution in [2.75, 3.05) is 18.6 Å². The van der Waals surface area contributed by atoms with Crippen LogP contribution >= 0.6 is 34.7 Å². The summed E-state index contributed by atoms with van der Waals surface area (Å²) in [5, 5.41) is 26.9. The summed E-state index contributed by atoms with van der Waals surface area (Å²) < 4.78 is 3.67. The van der Waals surface area contributed by atoms with Gasteiger partial charge in [0.1, 0.15) is 41.3 Å². The van der Waals surface area contributed by atoms with E-state index in [4.69, 9.17) is 27.4 Å². The third-order valence-electron chi connectivity index (χ3n) is 5.84. The third kappa shape index (κ3) is 4.42. The Kier molecular flexibility index (Phi) is 6.69. The van der Waals surface area contributed by atoms with Crippen molar-refractivity contribution in [2.24, 2.45) is 5.16 Å². The van der Waals surface area contributed by atoms with Crippen molar-refractivity contribution in [2.45, 2.75) is 18.0 Å². The Bertz CT molecular complexity index is 1610. The Morgan fingerprint density at radius 3 is 2.95 bits per heavy atom. The molecule has 2 aliphatic rings. The number of pyridine rings is 1. The average Bonchev–Trinajstić information content (AvgIpc) is 3.45. The molecule has 5 heterocycles. The molecule has 3 aromatic heterocycles. The highest BCUT2D eigenvalue weighted by atomic mass is 35.5. The lowest BCUT2D eigenvalue weighted by Crippen LogP contribution is -2.71. The van der Waals surface area contributed by atoms with Gasteiger partial charge in [0.05, 0.1) is 29.5 Å². The van der Waals surface area contributed by atoms with Gasteiger partial charge in [0.15, 0.2) is 16.4 Å². The molecule has 5 rings (SSSR count). The maximum atomic E-state index is 13.0. The zero-order valence-electron chi connectivity index (χ0n) is 19.5. The van der Waals surface area contributed by atoms with Crippen molar-refractivity contribution in [3.05, 3.63) is 57.7 Å². The van der Waals surface area contributed by atoms with Gasteiger partial charge in [-0.3, -0.25) is 14.5 Å². The summed E-state index contributed by atoms with van der Waals surface area (Å²) >= 11 is 8.35. The van der Waals surface area contributed by atoms with Crippen molar-refractivity contribution in [1.29, 1.82) is 5.26 Å². The average molecular weight is 573 g/mol. The number of aromatic nitrogens is 3. The van der Waals surface area contributed by atoms with E-state index in [9.17, 15) is 19.5 Å². The highest BCUT2D eigenvalue weighted by molar-refractivity contribution is 8.00. The fourth-order valence-electron chi connectivity index (χ4n) is 4.23. The van der Waals surface area contributed by atoms with Gasteiger partial charge in [-0.2, -0.15) is 5.26 Å². The van der Waals surface area contributed by atoms with Crippen LogP contribution in [-0.4, -0.2) is 62.1 Å². The largest absolute Gasteiger partial charge is 0.543 e. The monoisotopic (exact) mass is 572 g/mol. The summed E-state index contributed by atoms with van der Waals surface area (Å²) in [7, 11) is 1.23. The molecule has 0 radical (unpaired) electrons. The summed E-state index contributed by atoms with van der Waals surface area (Å²) in [4.78, 5) is 48.0. The van der Waals surface area contributed by atoms with E-state index in [1.807, 2.05) is 0 Å². The van der Waals surface area contributed by atoms with Crippen LogP contribution in [-0.2, 0) is 25.8 Å². The lowest BCUT2D eigenvalue weighted by molar-refractivity contribution is -0.687. The van der Waals surface area contributed by atoms with Gasteiger partial charge in [-0.15, -0.1) is 11.8 Å². The van der Waals surface area contributed by atoms with E-state index in [2.05, 4.69) is 21.5 Å². The molecule has 0 spiro atoms. The molecule has 1 fully saturated rings. The first-order chi connectivity index (χ1) is 18.2. The smallest absolute Gasteiger partial charge is 0.276 e. The normalized spacial score (nSPS) is 19.1. The molecule has 0 bridgehead atoms. The number of nitrogens with zero attached hydrogens (tertiary/aromatic N) is 6. The Morgan fingerprint density at radius 1 is 1.50 bits per heavy atom. The first kappa shape index (κ1) is 25.5. The second-order valence-corrected chi connectivity index (χ2v) is 10.9. The van der Waals surface area contributed by atoms with Crippen LogP contribution < -0.4 is 20.7 Å². The Balaban J connectivity index is 1.37. The second kappa shape index (κ2) is 9.97. The molecule has 0 unspecified atom stereocenters. The fraction of sp³-hybridized carbons (Fsp3) is 0.227. The number of fused-ring (bicyclic) bond motifs is 2. The number of halogens is 1. The van der Waals surface area contributed by atoms with Gasteiger partial charge >= 0.3 is 0 Å². The van der Waals surface area contributed by atoms with E-state index in [0.717, 1.165) is 21.8 Å². The summed E-state index contributed by atoms with van der Waals surface area (Å²) in [5.41, 5.74) is 6.87. The number of hydrogen-bond donors (Lipinski definition) is 2. The van der Waals surface area contributed by atoms with Gasteiger partial charge in [0, 0.05) is 17.4 Å². The Morgan fingerprint density at radius 2 is 2.29 bits per heavy atom. The molecule has 13 nitrogen and oxygen atoms in total. The number of β-lactam (4-membered cyclic amide) rings is 1. The zero-order valence-corrected chi connectivity index (χ0v) is 21.8. The molecular formula is C22H17ClN8O5S2. The number of nitrogens with one attached hydrogen (secondary N) is 1. The first-order valence-corrected chi connectivity index (χ1v) is 13.1. The van der Waals surface area contributed by atoms with Crippen LogP contribution in [0.1, 0.15) is 11.3 Å². The molecule has 2 atom stereocenters. The van der Waals surface area contributed by atoms with Gasteiger partial charge in [-0.1, -0.05) is 28.1 Å². The van der Waals surface area contributed by atoms with Gasteiger partial charge in [0.2, 0.25) is 6.33 Å². The van der Waals surface area contributed by atoms with Crippen LogP contribution in [0.5, 0.6) is 0 Å². The van der Waals surface area contributed by atoms with Crippen molar-refractivity contribution < 1.29 is 28.9 Å². The summed E-state index contributed by atoms with van der Waals surface area (Å²) in [6.07, 6.45) is 5.25. The van der Waals surface area contributed by atoms with E-state index in [1.165, 1.54) is 18.9 Å². The molecule has 0 saturated carbocycles. The number of nitrogen functional groups attached to an aromatic ring is 1. The molecule has 3 N–H and O–H groups in total. The predicted octanol–water partition coefficient (Wildman–Crippen LogP) is -0.755. The van der Waals surface area contributed by atoms with Crippen molar-refractivity contribution in [1.82, 2.24) is 19.6 Å². The van der Waals surface area contributed by atoms with Gasteiger partial charge in [-0.25, -0.2) is 14.0 Å². The number of aliphatic carboxylic acids is 1. The first-order valence-electron chi connectivity index (χ1n) is 10.8. The minimum Gasteiger partial charge on any atom is -0.543 e. The number of hydrogen-bond acceptors (Lipinski definition) is 11. The van der Waals surface area contributed by atoms with Crippen molar-refractivity contribution in [3.63, 3.8) is 0 Å². The summed E-state index contributed by atoms with van der Waals surface area (Å²) in [6.45, 7) is 0.182. The predicted molar refractivity (Wildman–Crippen MR) is 134 cm³/mol. The summed E-state index contributed by atoms with van der Waals surface area (Å²) in [6, 6.07) is 4.42. The van der Waals surface area contributed by atoms with Crippen LogP contribution in [0, 0.1) is 11.3 Å². The summed E-state index contributed by atoms with van der Waals surface area (Å²) in [5.74, 6) is -2.61. The number of carbonyl (C=O) groups excluding carboxylic acids is 3. The maximum absolute atomic E-state index is 13.0. The molecule has 0 aromatic carbocycles. The molecule has 2 amide bonds.